The second-order valence-electron chi connectivity index (χ2n) is 5.15. The first-order chi connectivity index (χ1) is 10.5. The summed E-state index contributed by atoms with van der Waals surface area (Å²) in [7, 11) is 0. The Bertz CT molecular complexity index is 503. The molecule has 0 aliphatic carbocycles. The molecule has 0 saturated carbocycles. The molecule has 0 heterocycles. The summed E-state index contributed by atoms with van der Waals surface area (Å²) in [5, 5.41) is 18.0. The zero-order chi connectivity index (χ0) is 16.5. The van der Waals surface area contributed by atoms with E-state index in [-0.39, 0.29) is 19.5 Å². The molecule has 0 aromatic heterocycles. The molecule has 6 heteroatoms. The van der Waals surface area contributed by atoms with Gasteiger partial charge in [0.1, 0.15) is 5.75 Å². The molecular weight excluding hydrogens is 286 g/mol. The van der Waals surface area contributed by atoms with Crippen LogP contribution in [0.4, 0.5) is 5.69 Å². The Labute approximate surface area is 130 Å². The highest BCUT2D eigenvalue weighted by atomic mass is 16.5. The molecule has 0 bridgehead atoms. The monoisotopic (exact) mass is 309 g/mol. The van der Waals surface area contributed by atoms with Gasteiger partial charge in [0.25, 0.3) is 0 Å². The minimum absolute atomic E-state index is 0.0611. The van der Waals surface area contributed by atoms with Gasteiger partial charge in [-0.3, -0.25) is 9.59 Å². The molecule has 1 aromatic carbocycles. The summed E-state index contributed by atoms with van der Waals surface area (Å²) in [6.07, 6.45) is 0.795. The van der Waals surface area contributed by atoms with Crippen molar-refractivity contribution in [1.29, 1.82) is 0 Å². The van der Waals surface area contributed by atoms with Crippen LogP contribution in [-0.4, -0.2) is 41.8 Å². The fourth-order valence-corrected chi connectivity index (χ4v) is 2.00. The molecule has 6 nitrogen and oxygen atoms in total. The third kappa shape index (κ3) is 5.63. The largest absolute Gasteiger partial charge is 0.491 e. The van der Waals surface area contributed by atoms with Crippen LogP contribution in [0.1, 0.15) is 26.7 Å². The fourth-order valence-electron chi connectivity index (χ4n) is 2.00. The number of anilines is 1. The summed E-state index contributed by atoms with van der Waals surface area (Å²) in [4.78, 5) is 23.7. The van der Waals surface area contributed by atoms with E-state index in [4.69, 9.17) is 14.9 Å². The van der Waals surface area contributed by atoms with Crippen molar-refractivity contribution in [3.8, 4) is 5.75 Å². The van der Waals surface area contributed by atoms with Crippen molar-refractivity contribution in [2.45, 2.75) is 26.7 Å². The lowest BCUT2D eigenvalue weighted by Gasteiger charge is -2.28. The first kappa shape index (κ1) is 17.8. The molecule has 0 aliphatic rings. The van der Waals surface area contributed by atoms with Gasteiger partial charge in [0.15, 0.2) is 0 Å². The van der Waals surface area contributed by atoms with Gasteiger partial charge in [-0.05, 0) is 18.6 Å². The molecule has 0 aliphatic heterocycles. The van der Waals surface area contributed by atoms with Crippen LogP contribution < -0.4 is 9.64 Å². The number of para-hydroxylation sites is 2. The van der Waals surface area contributed by atoms with E-state index in [1.54, 1.807) is 11.8 Å². The standard InChI is InChI=1S/C16H23NO5/c1-3-10-22-14-7-5-4-6-13(14)17(9-8-15(18)19)11-12(2)16(20)21/h4-7,12H,3,8-11H2,1-2H3,(H,18,19)(H,20,21). The van der Waals surface area contributed by atoms with Crippen molar-refractivity contribution in [1.82, 2.24) is 0 Å². The SMILES string of the molecule is CCCOc1ccccc1N(CCC(=O)O)CC(C)C(=O)O. The quantitative estimate of drug-likeness (QED) is 0.690. The van der Waals surface area contributed by atoms with Crippen molar-refractivity contribution in [2.75, 3.05) is 24.6 Å². The normalized spacial score (nSPS) is 11.7. The Hall–Kier alpha value is -2.24. The van der Waals surface area contributed by atoms with Gasteiger partial charge in [-0.1, -0.05) is 26.0 Å². The molecule has 0 amide bonds. The maximum atomic E-state index is 11.1. The number of aliphatic carboxylic acids is 2. The lowest BCUT2D eigenvalue weighted by atomic mass is 10.1. The summed E-state index contributed by atoms with van der Waals surface area (Å²) >= 11 is 0. The summed E-state index contributed by atoms with van der Waals surface area (Å²) < 4.78 is 5.68. The molecule has 0 spiro atoms. The lowest BCUT2D eigenvalue weighted by molar-refractivity contribution is -0.140. The van der Waals surface area contributed by atoms with Gasteiger partial charge in [0.2, 0.25) is 0 Å². The van der Waals surface area contributed by atoms with Gasteiger partial charge in [0.05, 0.1) is 24.6 Å². The number of benzene rings is 1. The predicted octanol–water partition coefficient (Wildman–Crippen LogP) is 2.48. The predicted molar refractivity (Wildman–Crippen MR) is 83.5 cm³/mol. The molecule has 1 unspecified atom stereocenters. The first-order valence-electron chi connectivity index (χ1n) is 7.37. The molecule has 1 atom stereocenters. The molecule has 122 valence electrons. The van der Waals surface area contributed by atoms with E-state index in [9.17, 15) is 9.59 Å². The molecule has 0 fully saturated rings. The molecule has 22 heavy (non-hydrogen) atoms. The van der Waals surface area contributed by atoms with E-state index in [2.05, 4.69) is 0 Å². The van der Waals surface area contributed by atoms with E-state index >= 15 is 0 Å². The lowest BCUT2D eigenvalue weighted by Crippen LogP contribution is -2.34. The second-order valence-corrected chi connectivity index (χ2v) is 5.15. The van der Waals surface area contributed by atoms with Crippen LogP contribution in [0.2, 0.25) is 0 Å². The maximum Gasteiger partial charge on any atom is 0.308 e. The molecule has 2 N–H and O–H groups in total. The molecule has 0 saturated heterocycles. The van der Waals surface area contributed by atoms with Gasteiger partial charge in [-0.15, -0.1) is 0 Å². The molecule has 1 aromatic rings. The number of carbonyl (C=O) groups is 2. The van der Waals surface area contributed by atoms with E-state index < -0.39 is 17.9 Å². The van der Waals surface area contributed by atoms with Crippen LogP contribution in [0.25, 0.3) is 0 Å². The number of hydrogen-bond acceptors (Lipinski definition) is 4. The average molecular weight is 309 g/mol. The van der Waals surface area contributed by atoms with Crippen molar-refractivity contribution < 1.29 is 24.5 Å². The number of carboxylic acid groups (broad SMARTS) is 2. The molecule has 0 radical (unpaired) electrons. The number of rotatable bonds is 10. The van der Waals surface area contributed by atoms with Crippen LogP contribution in [0.3, 0.4) is 0 Å². The zero-order valence-corrected chi connectivity index (χ0v) is 13.0. The van der Waals surface area contributed by atoms with Gasteiger partial charge >= 0.3 is 11.9 Å². The van der Waals surface area contributed by atoms with E-state index in [0.29, 0.717) is 12.4 Å². The zero-order valence-electron chi connectivity index (χ0n) is 13.0. The van der Waals surface area contributed by atoms with Crippen molar-refractivity contribution in [3.63, 3.8) is 0 Å². The summed E-state index contributed by atoms with van der Waals surface area (Å²) in [5.74, 6) is -1.78. The van der Waals surface area contributed by atoms with Crippen molar-refractivity contribution in [2.24, 2.45) is 5.92 Å². The van der Waals surface area contributed by atoms with Gasteiger partial charge < -0.3 is 19.8 Å². The van der Waals surface area contributed by atoms with Gasteiger partial charge in [0, 0.05) is 13.1 Å². The highest BCUT2D eigenvalue weighted by Crippen LogP contribution is 2.29. The fraction of sp³-hybridized carbons (Fsp3) is 0.500. The van der Waals surface area contributed by atoms with Crippen molar-refractivity contribution >= 4 is 17.6 Å². The Morgan fingerprint density at radius 1 is 1.27 bits per heavy atom. The van der Waals surface area contributed by atoms with Gasteiger partial charge in [-0.2, -0.15) is 0 Å². The number of hydrogen-bond donors (Lipinski definition) is 2. The van der Waals surface area contributed by atoms with Crippen LogP contribution in [0, 0.1) is 5.92 Å². The van der Waals surface area contributed by atoms with Crippen LogP contribution in [-0.2, 0) is 9.59 Å². The Kier molecular flexibility index (Phi) is 7.22. The maximum absolute atomic E-state index is 11.1. The van der Waals surface area contributed by atoms with Crippen molar-refractivity contribution in [3.05, 3.63) is 24.3 Å². The number of carboxylic acids is 2. The van der Waals surface area contributed by atoms with Gasteiger partial charge in [-0.25, -0.2) is 0 Å². The summed E-state index contributed by atoms with van der Waals surface area (Å²) in [6.45, 7) is 4.62. The Morgan fingerprint density at radius 2 is 1.95 bits per heavy atom. The first-order valence-corrected chi connectivity index (χ1v) is 7.37. The van der Waals surface area contributed by atoms with Crippen LogP contribution >= 0.6 is 0 Å². The average Bonchev–Trinajstić information content (AvgIpc) is 2.49. The van der Waals surface area contributed by atoms with E-state index in [1.165, 1.54) is 0 Å². The van der Waals surface area contributed by atoms with Crippen LogP contribution in [0.15, 0.2) is 24.3 Å². The van der Waals surface area contributed by atoms with E-state index in [1.807, 2.05) is 31.2 Å². The topological polar surface area (TPSA) is 87.1 Å². The minimum Gasteiger partial charge on any atom is -0.491 e. The summed E-state index contributed by atoms with van der Waals surface area (Å²) in [6, 6.07) is 7.30. The number of nitrogens with zero attached hydrogens (tertiary/aromatic N) is 1. The van der Waals surface area contributed by atoms with E-state index in [0.717, 1.165) is 12.1 Å². The Balaban J connectivity index is 2.98. The van der Waals surface area contributed by atoms with Crippen LogP contribution in [0.5, 0.6) is 5.75 Å². The number of ether oxygens (including phenoxy) is 1. The molecular formula is C16H23NO5. The summed E-state index contributed by atoms with van der Waals surface area (Å²) in [5.41, 5.74) is 0.727. The third-order valence-corrected chi connectivity index (χ3v) is 3.18. The highest BCUT2D eigenvalue weighted by Gasteiger charge is 2.19. The minimum atomic E-state index is -0.917. The molecule has 1 rings (SSSR count). The highest BCUT2D eigenvalue weighted by molar-refractivity contribution is 5.72. The Morgan fingerprint density at radius 3 is 2.55 bits per heavy atom. The second kappa shape index (κ2) is 8.92. The smallest absolute Gasteiger partial charge is 0.308 e. The third-order valence-electron chi connectivity index (χ3n) is 3.18.